The Hall–Kier alpha value is -10.8. The molecular formula is C112H128O20. The molecule has 0 unspecified atom stereocenters. The molecule has 8 aromatic carbocycles. The summed E-state index contributed by atoms with van der Waals surface area (Å²) in [5.41, 5.74) is 0.992. The van der Waals surface area contributed by atoms with Gasteiger partial charge in [0, 0.05) is 92.4 Å². The van der Waals surface area contributed by atoms with Crippen molar-refractivity contribution in [1.29, 1.82) is 0 Å². The van der Waals surface area contributed by atoms with Crippen molar-refractivity contribution in [3.63, 3.8) is 0 Å². The van der Waals surface area contributed by atoms with E-state index in [2.05, 4.69) is 27.7 Å². The number of carbonyl (C=O) groups excluding carboxylic acids is 4. The van der Waals surface area contributed by atoms with Crippen LogP contribution in [-0.2, 0) is 38.1 Å². The first-order valence-corrected chi connectivity index (χ1v) is 49.9. The van der Waals surface area contributed by atoms with Crippen LogP contribution in [0.2, 0.25) is 0 Å². The lowest BCUT2D eigenvalue weighted by molar-refractivity contribution is -0.211. The van der Waals surface area contributed by atoms with E-state index in [0.29, 0.717) is 140 Å². The van der Waals surface area contributed by atoms with Crippen LogP contribution in [0.1, 0.15) is 298 Å². The quantitative estimate of drug-likeness (QED) is 0.0167. The normalized spacial score (nSPS) is 32.9. The fourth-order valence-corrected chi connectivity index (χ4v) is 30.7. The van der Waals surface area contributed by atoms with Gasteiger partial charge in [-0.3, -0.25) is 19.2 Å². The first-order valence-electron chi connectivity index (χ1n) is 49.9. The molecule has 0 spiro atoms. The van der Waals surface area contributed by atoms with Crippen molar-refractivity contribution in [2.24, 2.45) is 94.7 Å². The molecule has 16 fully saturated rings. The molecule has 696 valence electrons. The first kappa shape index (κ1) is 87.9. The van der Waals surface area contributed by atoms with Gasteiger partial charge in [0.25, 0.3) is 0 Å². The average Bonchev–Trinajstić information content (AvgIpc) is 0.724. The van der Waals surface area contributed by atoms with Crippen molar-refractivity contribution in [3.8, 4) is 69.0 Å². The highest BCUT2D eigenvalue weighted by Gasteiger charge is 2.63. The summed E-state index contributed by atoms with van der Waals surface area (Å²) in [6.45, 7) is 8.62. The van der Waals surface area contributed by atoms with E-state index in [-0.39, 0.29) is 120 Å². The summed E-state index contributed by atoms with van der Waals surface area (Å²) in [5.74, 6) is 0.625. The molecule has 0 aliphatic heterocycles. The van der Waals surface area contributed by atoms with Crippen LogP contribution in [0.15, 0.2) is 146 Å². The summed E-state index contributed by atoms with van der Waals surface area (Å²) >= 11 is 0. The third-order valence-electron chi connectivity index (χ3n) is 35.9. The molecule has 0 heterocycles. The average molecular weight is 1790 g/mol. The van der Waals surface area contributed by atoms with E-state index in [1.54, 1.807) is 121 Å². The summed E-state index contributed by atoms with van der Waals surface area (Å²) in [5, 5.41) is 103. The molecule has 8 aromatic rings. The zero-order chi connectivity index (χ0) is 91.0. The van der Waals surface area contributed by atoms with Gasteiger partial charge in [0.05, 0.1) is 52.1 Å². The number of aromatic hydroxyl groups is 8. The molecule has 20 heteroatoms. The van der Waals surface area contributed by atoms with Crippen LogP contribution >= 0.6 is 0 Å². The second-order valence-corrected chi connectivity index (χ2v) is 42.6. The Morgan fingerprint density at radius 3 is 0.530 bits per heavy atom. The molecule has 17 aliphatic rings. The summed E-state index contributed by atoms with van der Waals surface area (Å²) in [6, 6.07) is 39.3. The lowest BCUT2D eigenvalue weighted by Gasteiger charge is -2.60. The molecule has 24 bridgehead atoms. The van der Waals surface area contributed by atoms with Gasteiger partial charge in [-0.1, -0.05) is 76.2 Å². The lowest BCUT2D eigenvalue weighted by Crippen LogP contribution is -2.59. The minimum absolute atomic E-state index is 0.0105. The van der Waals surface area contributed by atoms with Crippen LogP contribution in [-0.4, -0.2) is 114 Å². The molecule has 17 aliphatic carbocycles. The number of carbonyl (C=O) groups is 4. The number of esters is 4. The van der Waals surface area contributed by atoms with Crippen molar-refractivity contribution in [1.82, 2.24) is 0 Å². The zero-order valence-electron chi connectivity index (χ0n) is 76.5. The topological polar surface area (TPSA) is 304 Å². The third-order valence-corrected chi connectivity index (χ3v) is 35.9. The van der Waals surface area contributed by atoms with Crippen LogP contribution in [0.4, 0.5) is 0 Å². The van der Waals surface area contributed by atoms with E-state index in [9.17, 15) is 60.0 Å². The second-order valence-electron chi connectivity index (χ2n) is 42.6. The van der Waals surface area contributed by atoms with Gasteiger partial charge in [-0.25, -0.2) is 0 Å². The SMILES string of the molecule is CCC1(OC(=O)CCOc2ccc(C3c4cc(c(O)cc4O)C(c4ccc(OCCC(=O)OC5(CC)C6CC7CC(C6)CC5C7)cc4)c4cc(c(O)cc4O)C(c4ccc(OCCC(=O)OC5(CC)C6CC7CC(C6)CC5C7)cc4)c4cc(c(O)cc4O)C(c4ccc(OCCC(=O)OC5(CC)C6CC7CC(C6)CC5C7)cc4)c4cc3c(O)cc4O)cc2)C2CC3CC(C2)CC1C3. The summed E-state index contributed by atoms with van der Waals surface area (Å²) < 4.78 is 51.9. The molecule has 0 radical (unpaired) electrons. The highest BCUT2D eigenvalue weighted by atomic mass is 16.6. The predicted octanol–water partition coefficient (Wildman–Crippen LogP) is 22.0. The fourth-order valence-electron chi connectivity index (χ4n) is 30.7. The number of hydrogen-bond donors (Lipinski definition) is 8. The minimum Gasteiger partial charge on any atom is -0.507 e. The van der Waals surface area contributed by atoms with Gasteiger partial charge >= 0.3 is 23.9 Å². The molecule has 8 N–H and O–H groups in total. The van der Waals surface area contributed by atoms with Gasteiger partial charge < -0.3 is 78.7 Å². The number of rotatable bonds is 28. The molecule has 132 heavy (non-hydrogen) atoms. The van der Waals surface area contributed by atoms with Crippen LogP contribution < -0.4 is 18.9 Å². The van der Waals surface area contributed by atoms with Crippen molar-refractivity contribution in [3.05, 3.63) is 212 Å². The lowest BCUT2D eigenvalue weighted by atomic mass is 9.49. The number of benzene rings is 8. The molecular weight excluding hydrogens is 1670 g/mol. The molecule has 0 atom stereocenters. The van der Waals surface area contributed by atoms with Gasteiger partial charge in [-0.2, -0.15) is 0 Å². The maximum Gasteiger partial charge on any atom is 0.309 e. The smallest absolute Gasteiger partial charge is 0.309 e. The molecule has 16 saturated carbocycles. The van der Waals surface area contributed by atoms with Crippen LogP contribution in [0.25, 0.3) is 0 Å². The van der Waals surface area contributed by atoms with Gasteiger partial charge in [-0.15, -0.1) is 0 Å². The monoisotopic (exact) mass is 1790 g/mol. The number of fused-ring (bicyclic) bond motifs is 8. The highest BCUT2D eigenvalue weighted by Crippen LogP contribution is 2.66. The maximum atomic E-state index is 14.0. The largest absolute Gasteiger partial charge is 0.507 e. The molecule has 25 rings (SSSR count). The van der Waals surface area contributed by atoms with Crippen LogP contribution in [0.3, 0.4) is 0 Å². The van der Waals surface area contributed by atoms with Gasteiger partial charge in [-0.05, 0) is 344 Å². The Labute approximate surface area is 773 Å². The van der Waals surface area contributed by atoms with E-state index in [1.807, 2.05) is 0 Å². The Morgan fingerprint density at radius 2 is 0.386 bits per heavy atom. The Kier molecular flexibility index (Phi) is 23.2. The molecule has 0 saturated heterocycles. The fraction of sp³-hybridized carbons (Fsp3) is 0.536. The highest BCUT2D eigenvalue weighted by molar-refractivity contribution is 5.73. The van der Waals surface area contributed by atoms with E-state index < -0.39 is 92.1 Å². The van der Waals surface area contributed by atoms with E-state index in [4.69, 9.17) is 37.9 Å². The Balaban J connectivity index is 0.649. The van der Waals surface area contributed by atoms with E-state index in [0.717, 1.165) is 128 Å². The van der Waals surface area contributed by atoms with Crippen molar-refractivity contribution in [2.75, 3.05) is 26.4 Å². The number of phenolic OH excluding ortho intramolecular Hbond substituents is 8. The Morgan fingerprint density at radius 1 is 0.235 bits per heavy atom. The van der Waals surface area contributed by atoms with E-state index in [1.165, 1.54) is 49.9 Å². The van der Waals surface area contributed by atoms with E-state index >= 15 is 0 Å². The maximum absolute atomic E-state index is 14.0. The second kappa shape index (κ2) is 34.9. The van der Waals surface area contributed by atoms with Crippen molar-refractivity contribution >= 4 is 23.9 Å². The molecule has 20 nitrogen and oxygen atoms in total. The standard InChI is InChI=1S/C112H128O20/c1-5-109(73-37-61-33-62(39-73)40-74(109)38-61)129-101(121)25-29-125-81-17-9-69(10-18-81)105-85-53-87(95(115)57-93(85)113)106(70-11-19-82(20-12-70)126-30-26-102(122)130-110(6-2)75-41-63-34-64(43-75)44-76(110)42-63)89-55-91(99(119)59-97(89)117)108(72-15-23-84(24-16-72)128-32-28-104(124)132-112(8-4)79-49-67-36-68(51-79)52-80(112)50-67)92-56-90(98(118)60-100(92)120)107(88-54-86(105)94(114)58-96(88)116)71-13-21-83(22-14-71)127-31-27-103(123)131-111(7-3)77-45-65-35-66(47-77)48-78(111)46-65/h9-24,53-68,73-80,105-108,113-120H,5-8,25-52H2,1-4H3. The third kappa shape index (κ3) is 15.8. The number of hydrogen-bond acceptors (Lipinski definition) is 20. The Bertz CT molecular complexity index is 4770. The number of ether oxygens (including phenoxy) is 8. The van der Waals surface area contributed by atoms with Crippen LogP contribution in [0.5, 0.6) is 69.0 Å². The zero-order valence-corrected chi connectivity index (χ0v) is 76.5. The molecule has 0 amide bonds. The summed E-state index contributed by atoms with van der Waals surface area (Å²) in [7, 11) is 0. The van der Waals surface area contributed by atoms with Gasteiger partial charge in [0.2, 0.25) is 0 Å². The number of phenols is 8. The van der Waals surface area contributed by atoms with Crippen LogP contribution in [0, 0.1) is 94.7 Å². The summed E-state index contributed by atoms with van der Waals surface area (Å²) in [6.07, 6.45) is 25.7. The van der Waals surface area contributed by atoms with Crippen molar-refractivity contribution in [2.45, 2.75) is 254 Å². The predicted molar refractivity (Wildman–Crippen MR) is 494 cm³/mol. The first-order chi connectivity index (χ1) is 63.9. The van der Waals surface area contributed by atoms with Crippen molar-refractivity contribution < 1.29 is 97.9 Å². The minimum atomic E-state index is -1.21. The van der Waals surface area contributed by atoms with Gasteiger partial charge in [0.1, 0.15) is 91.4 Å². The summed E-state index contributed by atoms with van der Waals surface area (Å²) in [4.78, 5) is 56.1. The molecule has 0 aromatic heterocycles. The van der Waals surface area contributed by atoms with Gasteiger partial charge in [0.15, 0.2) is 0 Å².